The van der Waals surface area contributed by atoms with Gasteiger partial charge in [0.2, 0.25) is 3.79 Å². The number of halogens is 3. The lowest BCUT2D eigenvalue weighted by Gasteiger charge is -2.10. The van der Waals surface area contributed by atoms with Gasteiger partial charge in [0.15, 0.2) is 10.8 Å². The summed E-state index contributed by atoms with van der Waals surface area (Å²) in [5.41, 5.74) is 4.52. The topological polar surface area (TPSA) is 127 Å². The number of hydrogen-bond donors (Lipinski definition) is 3. The molecule has 8 nitrogen and oxygen atoms in total. The maximum atomic E-state index is 11.3. The third kappa shape index (κ3) is 5.37. The van der Waals surface area contributed by atoms with E-state index in [1.54, 1.807) is 0 Å². The van der Waals surface area contributed by atoms with Crippen molar-refractivity contribution in [2.45, 2.75) is 3.79 Å². The van der Waals surface area contributed by atoms with Crippen LogP contribution in [0.15, 0.2) is 10.5 Å². The predicted octanol–water partition coefficient (Wildman–Crippen LogP) is 1.73. The molecule has 20 heavy (non-hydrogen) atoms. The highest BCUT2D eigenvalue weighted by Crippen LogP contribution is 2.26. The van der Waals surface area contributed by atoms with E-state index in [2.05, 4.69) is 20.2 Å². The smallest absolute Gasteiger partial charge is 0.413 e. The number of carbonyl (C=O) groups is 2. The van der Waals surface area contributed by atoms with Crippen LogP contribution in [0.2, 0.25) is 0 Å². The van der Waals surface area contributed by atoms with Crippen LogP contribution in [-0.2, 0) is 9.53 Å². The van der Waals surface area contributed by atoms with Gasteiger partial charge in [0, 0.05) is 5.38 Å². The van der Waals surface area contributed by atoms with Crippen molar-refractivity contribution in [1.29, 1.82) is 0 Å². The van der Waals surface area contributed by atoms with Crippen LogP contribution in [0.3, 0.4) is 0 Å². The molecule has 0 aliphatic carbocycles. The molecular weight excluding hydrogens is 355 g/mol. The van der Waals surface area contributed by atoms with E-state index >= 15 is 0 Å². The van der Waals surface area contributed by atoms with Crippen LogP contribution < -0.4 is 11.1 Å². The zero-order valence-corrected chi connectivity index (χ0v) is 12.6. The molecule has 4 N–H and O–H groups in total. The van der Waals surface area contributed by atoms with Gasteiger partial charge in [0.25, 0.3) is 5.91 Å². The van der Waals surface area contributed by atoms with Crippen molar-refractivity contribution >= 4 is 69.0 Å². The van der Waals surface area contributed by atoms with Gasteiger partial charge in [-0.3, -0.25) is 10.1 Å². The van der Waals surface area contributed by atoms with Gasteiger partial charge in [-0.1, -0.05) is 40.0 Å². The number of primary amides is 1. The van der Waals surface area contributed by atoms with Crippen LogP contribution in [0.4, 0.5) is 9.93 Å². The van der Waals surface area contributed by atoms with E-state index in [0.29, 0.717) is 0 Å². The molecule has 0 saturated carbocycles. The van der Waals surface area contributed by atoms with E-state index in [-0.39, 0.29) is 10.8 Å². The average molecular weight is 362 g/mol. The number of nitrogens with zero attached hydrogens (tertiary/aromatic N) is 2. The van der Waals surface area contributed by atoms with Gasteiger partial charge in [-0.15, -0.1) is 11.3 Å². The fourth-order valence-corrected chi connectivity index (χ4v) is 1.78. The molecule has 0 atom stereocenters. The first-order valence-corrected chi connectivity index (χ1v) is 6.72. The number of oxime groups is 1. The molecule has 0 aliphatic rings. The number of amides is 2. The van der Waals surface area contributed by atoms with E-state index in [4.69, 9.17) is 45.7 Å². The molecule has 0 radical (unpaired) electrons. The molecule has 0 unspecified atom stereocenters. The van der Waals surface area contributed by atoms with Gasteiger partial charge in [0.05, 0.1) is 0 Å². The van der Waals surface area contributed by atoms with Crippen LogP contribution in [0.1, 0.15) is 5.69 Å². The second kappa shape index (κ2) is 6.93. The monoisotopic (exact) mass is 360 g/mol. The van der Waals surface area contributed by atoms with Crippen molar-refractivity contribution in [2.75, 3.05) is 11.9 Å². The lowest BCUT2D eigenvalue weighted by Crippen LogP contribution is -2.25. The third-order valence-corrected chi connectivity index (χ3v) is 2.74. The zero-order valence-electron chi connectivity index (χ0n) is 9.47. The first kappa shape index (κ1) is 16.8. The summed E-state index contributed by atoms with van der Waals surface area (Å²) in [6, 6.07) is 0. The molecule has 0 spiro atoms. The fraction of sp³-hybridized carbons (Fsp3) is 0.250. The Morgan fingerprint density at radius 2 is 2.20 bits per heavy atom. The first-order valence-electron chi connectivity index (χ1n) is 4.71. The molecule has 0 aromatic carbocycles. The van der Waals surface area contributed by atoms with Crippen LogP contribution in [0.5, 0.6) is 0 Å². The Hall–Kier alpha value is -1.29. The molecule has 0 aliphatic heterocycles. The molecule has 1 rings (SSSR count). The second-order valence-corrected chi connectivity index (χ2v) is 6.54. The van der Waals surface area contributed by atoms with Gasteiger partial charge in [-0.05, 0) is 0 Å². The summed E-state index contributed by atoms with van der Waals surface area (Å²) < 4.78 is 2.88. The first-order chi connectivity index (χ1) is 9.23. The maximum Gasteiger partial charge on any atom is 0.413 e. The number of rotatable bonds is 4. The Morgan fingerprint density at radius 3 is 2.70 bits per heavy atom. The Kier molecular flexibility index (Phi) is 5.81. The van der Waals surface area contributed by atoms with E-state index in [9.17, 15) is 9.59 Å². The van der Waals surface area contributed by atoms with Crippen LogP contribution in [0, 0.1) is 0 Å². The lowest BCUT2D eigenvalue weighted by molar-refractivity contribution is -0.112. The number of nitrogens with two attached hydrogens (primary N) is 1. The van der Waals surface area contributed by atoms with Gasteiger partial charge in [-0.2, -0.15) is 0 Å². The summed E-state index contributed by atoms with van der Waals surface area (Å²) >= 11 is 17.1. The highest BCUT2D eigenvalue weighted by atomic mass is 35.6. The molecule has 0 saturated heterocycles. The molecule has 0 bridgehead atoms. The molecule has 2 amide bonds. The van der Waals surface area contributed by atoms with Crippen molar-refractivity contribution in [3.8, 4) is 0 Å². The van der Waals surface area contributed by atoms with Gasteiger partial charge in [-0.25, -0.2) is 9.78 Å². The Labute approximate surface area is 131 Å². The van der Waals surface area contributed by atoms with Crippen LogP contribution in [-0.4, -0.2) is 38.3 Å². The quantitative estimate of drug-likeness (QED) is 0.326. The summed E-state index contributed by atoms with van der Waals surface area (Å²) in [7, 11) is 0. The second-order valence-electron chi connectivity index (χ2n) is 3.17. The van der Waals surface area contributed by atoms with E-state index < -0.39 is 28.1 Å². The minimum Gasteiger partial charge on any atom is -0.445 e. The molecule has 1 aromatic rings. The average Bonchev–Trinajstić information content (AvgIpc) is 2.74. The van der Waals surface area contributed by atoms with Crippen molar-refractivity contribution in [3.05, 3.63) is 11.1 Å². The minimum atomic E-state index is -1.73. The Bertz CT molecular complexity index is 542. The third-order valence-electron chi connectivity index (χ3n) is 1.66. The van der Waals surface area contributed by atoms with Gasteiger partial charge >= 0.3 is 6.09 Å². The van der Waals surface area contributed by atoms with Gasteiger partial charge < -0.3 is 15.7 Å². The fourth-order valence-electron chi connectivity index (χ4n) is 0.937. The van der Waals surface area contributed by atoms with Crippen molar-refractivity contribution in [2.24, 2.45) is 10.9 Å². The van der Waals surface area contributed by atoms with Crippen molar-refractivity contribution < 1.29 is 19.5 Å². The molecule has 0 fully saturated rings. The van der Waals surface area contributed by atoms with Crippen LogP contribution in [0.25, 0.3) is 0 Å². The SMILES string of the molecule is NC(=O)/C(=N/O)c1csc(NC(=O)OCC(Cl)(Cl)Cl)n1. The molecule has 1 aromatic heterocycles. The van der Waals surface area contributed by atoms with Crippen molar-refractivity contribution in [3.63, 3.8) is 0 Å². The predicted molar refractivity (Wildman–Crippen MR) is 74.9 cm³/mol. The summed E-state index contributed by atoms with van der Waals surface area (Å²) in [4.78, 5) is 26.0. The number of aromatic nitrogens is 1. The zero-order chi connectivity index (χ0) is 15.3. The molecular formula is C8H7Cl3N4O4S. The molecule has 1 heterocycles. The standard InChI is InChI=1S/C8H7Cl3N4O4S/c9-8(10,11)2-19-7(17)14-6-13-3(1-20-6)4(15-18)5(12)16/h1,18H,2H2,(H2,12,16)(H,13,14,17)/b15-4+. The van der Waals surface area contributed by atoms with E-state index in [1.807, 2.05) is 0 Å². The number of ether oxygens (including phenoxy) is 1. The number of nitrogens with one attached hydrogen (secondary N) is 1. The number of thiazole rings is 1. The molecule has 12 heteroatoms. The van der Waals surface area contributed by atoms with E-state index in [1.165, 1.54) is 5.38 Å². The maximum absolute atomic E-state index is 11.3. The number of anilines is 1. The van der Waals surface area contributed by atoms with Gasteiger partial charge in [0.1, 0.15) is 12.3 Å². The van der Waals surface area contributed by atoms with Crippen molar-refractivity contribution in [1.82, 2.24) is 4.98 Å². The summed E-state index contributed by atoms with van der Waals surface area (Å²) in [6.07, 6.45) is -0.904. The van der Waals surface area contributed by atoms with E-state index in [0.717, 1.165) is 11.3 Å². The number of carbonyl (C=O) groups excluding carboxylic acids is 2. The summed E-state index contributed by atoms with van der Waals surface area (Å²) in [5, 5.41) is 15.0. The highest BCUT2D eigenvalue weighted by molar-refractivity contribution is 7.14. The minimum absolute atomic E-state index is 0.00155. The molecule has 110 valence electrons. The summed E-state index contributed by atoms with van der Waals surface area (Å²) in [5.74, 6) is -0.969. The largest absolute Gasteiger partial charge is 0.445 e. The highest BCUT2D eigenvalue weighted by Gasteiger charge is 2.22. The normalized spacial score (nSPS) is 12.1. The Morgan fingerprint density at radius 1 is 1.55 bits per heavy atom. The Balaban J connectivity index is 2.65. The summed E-state index contributed by atoms with van der Waals surface area (Å²) in [6.45, 7) is -0.452. The number of hydrogen-bond acceptors (Lipinski definition) is 7. The number of alkyl halides is 3. The van der Waals surface area contributed by atoms with Crippen LogP contribution >= 0.6 is 46.1 Å². The lowest BCUT2D eigenvalue weighted by atomic mass is 10.3.